The van der Waals surface area contributed by atoms with E-state index in [0.717, 1.165) is 49.8 Å². The zero-order valence-corrected chi connectivity index (χ0v) is 16.4. The van der Waals surface area contributed by atoms with E-state index in [1.54, 1.807) is 7.11 Å². The minimum absolute atomic E-state index is 0.0615. The summed E-state index contributed by atoms with van der Waals surface area (Å²) in [6.45, 7) is 10.4. The highest BCUT2D eigenvalue weighted by molar-refractivity contribution is 5.34. The molecular weight excluding hydrogens is 324 g/mol. The zero-order valence-electron chi connectivity index (χ0n) is 16.4. The summed E-state index contributed by atoms with van der Waals surface area (Å²) >= 11 is 0. The van der Waals surface area contributed by atoms with E-state index in [0.29, 0.717) is 5.92 Å². The molecule has 1 aliphatic heterocycles. The fourth-order valence-corrected chi connectivity index (χ4v) is 3.62. The van der Waals surface area contributed by atoms with Crippen LogP contribution in [0, 0.1) is 12.8 Å². The molecule has 1 aromatic heterocycles. The average Bonchev–Trinajstić information content (AvgIpc) is 2.61. The monoisotopic (exact) mass is 354 g/mol. The third kappa shape index (κ3) is 5.05. The Bertz CT molecular complexity index is 730. The average molecular weight is 354 g/mol. The van der Waals surface area contributed by atoms with Gasteiger partial charge in [-0.15, -0.1) is 0 Å². The highest BCUT2D eigenvalue weighted by Crippen LogP contribution is 2.24. The molecule has 1 saturated heterocycles. The van der Waals surface area contributed by atoms with Crippen molar-refractivity contribution in [3.05, 3.63) is 58.9 Å². The first-order valence-electron chi connectivity index (χ1n) is 9.48. The van der Waals surface area contributed by atoms with Crippen LogP contribution in [0.15, 0.2) is 36.4 Å². The number of benzene rings is 1. The second kappa shape index (κ2) is 8.65. The van der Waals surface area contributed by atoms with Crippen LogP contribution in [0.2, 0.25) is 0 Å². The number of hydrogen-bond donors (Lipinski definition) is 0. The molecule has 2 aromatic rings. The van der Waals surface area contributed by atoms with Crippen LogP contribution >= 0.6 is 0 Å². The van der Waals surface area contributed by atoms with Gasteiger partial charge >= 0.3 is 0 Å². The Balaban J connectivity index is 1.76. The van der Waals surface area contributed by atoms with Crippen molar-refractivity contribution in [2.24, 2.45) is 5.92 Å². The normalized spacial score (nSPS) is 18.3. The summed E-state index contributed by atoms with van der Waals surface area (Å²) in [7, 11) is 1.71. The van der Waals surface area contributed by atoms with E-state index in [4.69, 9.17) is 14.5 Å². The molecule has 2 heterocycles. The fraction of sp³-hybridized carbons (Fsp3) is 0.500. The standard InChI is InChI=1S/C22H30N2O2/c1-16(2)14-24-8-9-26-22(15-24)21-13-19(10-17(3)23-21)11-18-6-5-7-20(12-18)25-4/h5-7,10,12-13,16,22H,8-9,11,14-15H2,1-4H3/t22-/m1/s1. The maximum atomic E-state index is 6.05. The lowest BCUT2D eigenvalue weighted by Crippen LogP contribution is -2.40. The van der Waals surface area contributed by atoms with Gasteiger partial charge < -0.3 is 9.47 Å². The summed E-state index contributed by atoms with van der Waals surface area (Å²) in [6, 6.07) is 12.6. The maximum absolute atomic E-state index is 6.05. The van der Waals surface area contributed by atoms with E-state index in [-0.39, 0.29) is 6.10 Å². The molecule has 0 radical (unpaired) electrons. The van der Waals surface area contributed by atoms with E-state index in [1.807, 2.05) is 12.1 Å². The van der Waals surface area contributed by atoms with E-state index < -0.39 is 0 Å². The molecule has 3 rings (SSSR count). The van der Waals surface area contributed by atoms with Crippen molar-refractivity contribution in [1.82, 2.24) is 9.88 Å². The first-order valence-corrected chi connectivity index (χ1v) is 9.48. The summed E-state index contributed by atoms with van der Waals surface area (Å²) < 4.78 is 11.4. The number of morpholine rings is 1. The van der Waals surface area contributed by atoms with Gasteiger partial charge in [0.15, 0.2) is 0 Å². The molecule has 0 unspecified atom stereocenters. The Labute approximate surface area is 157 Å². The Morgan fingerprint density at radius 2 is 2.08 bits per heavy atom. The Morgan fingerprint density at radius 3 is 2.85 bits per heavy atom. The summed E-state index contributed by atoms with van der Waals surface area (Å²) in [4.78, 5) is 7.26. The number of aryl methyl sites for hydroxylation is 1. The molecule has 1 atom stereocenters. The van der Waals surface area contributed by atoms with E-state index in [9.17, 15) is 0 Å². The number of methoxy groups -OCH3 is 1. The molecule has 1 fully saturated rings. The first kappa shape index (κ1) is 18.9. The lowest BCUT2D eigenvalue weighted by molar-refractivity contribution is -0.0353. The molecule has 1 aliphatic rings. The van der Waals surface area contributed by atoms with Crippen LogP contribution in [0.4, 0.5) is 0 Å². The van der Waals surface area contributed by atoms with Gasteiger partial charge in [-0.1, -0.05) is 26.0 Å². The van der Waals surface area contributed by atoms with E-state index in [2.05, 4.69) is 49.9 Å². The van der Waals surface area contributed by atoms with Crippen LogP contribution in [-0.4, -0.2) is 43.2 Å². The van der Waals surface area contributed by atoms with Gasteiger partial charge in [0.2, 0.25) is 0 Å². The predicted molar refractivity (Wildman–Crippen MR) is 105 cm³/mol. The summed E-state index contributed by atoms with van der Waals surface area (Å²) in [5, 5.41) is 0. The van der Waals surface area contributed by atoms with Crippen LogP contribution in [-0.2, 0) is 11.2 Å². The van der Waals surface area contributed by atoms with Crippen LogP contribution in [0.25, 0.3) is 0 Å². The number of hydrogen-bond acceptors (Lipinski definition) is 4. The summed E-state index contributed by atoms with van der Waals surface area (Å²) in [6.07, 6.45) is 0.933. The van der Waals surface area contributed by atoms with Gasteiger partial charge in [-0.2, -0.15) is 0 Å². The highest BCUT2D eigenvalue weighted by atomic mass is 16.5. The fourth-order valence-electron chi connectivity index (χ4n) is 3.62. The van der Waals surface area contributed by atoms with Crippen molar-refractivity contribution in [2.75, 3.05) is 33.4 Å². The smallest absolute Gasteiger partial charge is 0.119 e. The van der Waals surface area contributed by atoms with Crippen LogP contribution in [0.3, 0.4) is 0 Å². The van der Waals surface area contributed by atoms with Gasteiger partial charge in [0.05, 0.1) is 19.4 Å². The number of pyridine rings is 1. The predicted octanol–water partition coefficient (Wildman–Crippen LogP) is 4.02. The second-order valence-electron chi connectivity index (χ2n) is 7.58. The van der Waals surface area contributed by atoms with Crippen LogP contribution in [0.5, 0.6) is 5.75 Å². The SMILES string of the molecule is COc1cccc(Cc2cc(C)nc([C@H]3CN(CC(C)C)CCO3)c2)c1. The van der Waals surface area contributed by atoms with Gasteiger partial charge in [-0.25, -0.2) is 0 Å². The third-order valence-corrected chi connectivity index (χ3v) is 4.68. The lowest BCUT2D eigenvalue weighted by atomic mass is 10.0. The molecule has 0 aliphatic carbocycles. The second-order valence-corrected chi connectivity index (χ2v) is 7.58. The Kier molecular flexibility index (Phi) is 6.28. The largest absolute Gasteiger partial charge is 0.497 e. The van der Waals surface area contributed by atoms with E-state index >= 15 is 0 Å². The van der Waals surface area contributed by atoms with Crippen molar-refractivity contribution in [3.8, 4) is 5.75 Å². The zero-order chi connectivity index (χ0) is 18.5. The van der Waals surface area contributed by atoms with Crippen LogP contribution in [0.1, 0.15) is 42.5 Å². The van der Waals surface area contributed by atoms with Gasteiger partial charge in [0.25, 0.3) is 0 Å². The lowest BCUT2D eigenvalue weighted by Gasteiger charge is -2.33. The first-order chi connectivity index (χ1) is 12.5. The topological polar surface area (TPSA) is 34.6 Å². The van der Waals surface area contributed by atoms with Crippen molar-refractivity contribution >= 4 is 0 Å². The quantitative estimate of drug-likeness (QED) is 0.785. The van der Waals surface area contributed by atoms with Crippen LogP contribution < -0.4 is 4.74 Å². The number of nitrogens with zero attached hydrogens (tertiary/aromatic N) is 2. The molecule has 0 saturated carbocycles. The molecular formula is C22H30N2O2. The molecule has 0 N–H and O–H groups in total. The van der Waals surface area contributed by atoms with E-state index in [1.165, 1.54) is 11.1 Å². The summed E-state index contributed by atoms with van der Waals surface area (Å²) in [5.74, 6) is 1.57. The molecule has 4 heteroatoms. The number of rotatable bonds is 6. The van der Waals surface area contributed by atoms with Gasteiger partial charge in [0, 0.05) is 25.3 Å². The highest BCUT2D eigenvalue weighted by Gasteiger charge is 2.24. The molecule has 1 aromatic carbocycles. The molecule has 0 bridgehead atoms. The molecule has 0 spiro atoms. The van der Waals surface area contributed by atoms with Gasteiger partial charge in [-0.05, 0) is 54.7 Å². The minimum Gasteiger partial charge on any atom is -0.497 e. The maximum Gasteiger partial charge on any atom is 0.119 e. The summed E-state index contributed by atoms with van der Waals surface area (Å²) in [5.41, 5.74) is 4.61. The molecule has 0 amide bonds. The minimum atomic E-state index is 0.0615. The van der Waals surface area contributed by atoms with Crippen molar-refractivity contribution in [2.45, 2.75) is 33.3 Å². The number of ether oxygens (including phenoxy) is 2. The van der Waals surface area contributed by atoms with Gasteiger partial charge in [0.1, 0.15) is 11.9 Å². The molecule has 4 nitrogen and oxygen atoms in total. The molecule has 26 heavy (non-hydrogen) atoms. The van der Waals surface area contributed by atoms with Crippen molar-refractivity contribution < 1.29 is 9.47 Å². The van der Waals surface area contributed by atoms with Gasteiger partial charge in [-0.3, -0.25) is 9.88 Å². The molecule has 140 valence electrons. The Morgan fingerprint density at radius 1 is 1.23 bits per heavy atom. The third-order valence-electron chi connectivity index (χ3n) is 4.68. The Hall–Kier alpha value is -1.91. The van der Waals surface area contributed by atoms with Crippen molar-refractivity contribution in [3.63, 3.8) is 0 Å². The van der Waals surface area contributed by atoms with Crippen molar-refractivity contribution in [1.29, 1.82) is 0 Å². The number of aromatic nitrogens is 1.